The average Bonchev–Trinajstić information content (AvgIpc) is 3.02. The van der Waals surface area contributed by atoms with Crippen molar-refractivity contribution in [3.63, 3.8) is 0 Å². The molecule has 1 aliphatic rings. The maximum atomic E-state index is 14.3. The Kier molecular flexibility index (Phi) is 11.1. The van der Waals surface area contributed by atoms with Gasteiger partial charge < -0.3 is 19.7 Å². The van der Waals surface area contributed by atoms with Crippen molar-refractivity contribution < 1.29 is 27.5 Å². The van der Waals surface area contributed by atoms with Gasteiger partial charge in [-0.2, -0.15) is 0 Å². The van der Waals surface area contributed by atoms with Gasteiger partial charge in [0.25, 0.3) is 10.0 Å². The molecule has 1 aliphatic carbocycles. The van der Waals surface area contributed by atoms with Crippen molar-refractivity contribution in [1.29, 1.82) is 0 Å². The van der Waals surface area contributed by atoms with Crippen LogP contribution in [0, 0.1) is 20.8 Å². The second kappa shape index (κ2) is 14.8. The van der Waals surface area contributed by atoms with E-state index in [1.807, 2.05) is 51.1 Å². The summed E-state index contributed by atoms with van der Waals surface area (Å²) in [6.45, 7) is 7.08. The number of hydrogen-bond acceptors (Lipinski definition) is 6. The molecule has 242 valence electrons. The summed E-state index contributed by atoms with van der Waals surface area (Å²) in [5.41, 5.74) is 3.96. The number of ether oxygens (including phenoxy) is 2. The van der Waals surface area contributed by atoms with Gasteiger partial charge in [-0.3, -0.25) is 13.9 Å². The van der Waals surface area contributed by atoms with Crippen molar-refractivity contribution in [3.05, 3.63) is 82.9 Å². The van der Waals surface area contributed by atoms with E-state index in [0.717, 1.165) is 58.7 Å². The van der Waals surface area contributed by atoms with Crippen LogP contribution in [0.4, 0.5) is 5.69 Å². The number of anilines is 1. The molecule has 1 N–H and O–H groups in total. The summed E-state index contributed by atoms with van der Waals surface area (Å²) in [7, 11) is -1.37. The normalized spacial score (nSPS) is 14.4. The Hall–Kier alpha value is -4.05. The molecule has 0 spiro atoms. The Morgan fingerprint density at radius 2 is 1.47 bits per heavy atom. The predicted octanol–water partition coefficient (Wildman–Crippen LogP) is 5.69. The molecule has 1 fully saturated rings. The number of rotatable bonds is 12. The van der Waals surface area contributed by atoms with Crippen LogP contribution < -0.4 is 19.1 Å². The topological polar surface area (TPSA) is 105 Å². The summed E-state index contributed by atoms with van der Waals surface area (Å²) in [6, 6.07) is 16.7. The molecule has 3 aromatic carbocycles. The lowest BCUT2D eigenvalue weighted by Gasteiger charge is -2.33. The lowest BCUT2D eigenvalue weighted by atomic mass is 9.95. The highest BCUT2D eigenvalue weighted by Crippen LogP contribution is 2.33. The molecule has 0 aromatic heterocycles. The first-order chi connectivity index (χ1) is 21.4. The van der Waals surface area contributed by atoms with E-state index in [1.165, 1.54) is 37.3 Å². The number of nitrogens with one attached hydrogen (secondary N) is 1. The van der Waals surface area contributed by atoms with Gasteiger partial charge in [-0.25, -0.2) is 8.42 Å². The quantitative estimate of drug-likeness (QED) is 0.274. The second-order valence-electron chi connectivity index (χ2n) is 11.9. The van der Waals surface area contributed by atoms with Gasteiger partial charge >= 0.3 is 0 Å². The van der Waals surface area contributed by atoms with Gasteiger partial charge in [0.15, 0.2) is 11.5 Å². The zero-order chi connectivity index (χ0) is 32.7. The highest BCUT2D eigenvalue weighted by molar-refractivity contribution is 7.92. The average molecular weight is 636 g/mol. The molecular formula is C35H45N3O6S. The van der Waals surface area contributed by atoms with E-state index >= 15 is 0 Å². The van der Waals surface area contributed by atoms with Gasteiger partial charge in [-0.1, -0.05) is 55.2 Å². The number of carbonyl (C=O) groups excluding carboxylic acids is 2. The smallest absolute Gasteiger partial charge is 0.264 e. The minimum atomic E-state index is -4.27. The first-order valence-electron chi connectivity index (χ1n) is 15.4. The summed E-state index contributed by atoms with van der Waals surface area (Å²) in [6.07, 6.45) is 5.10. The van der Waals surface area contributed by atoms with Crippen LogP contribution in [0.5, 0.6) is 11.5 Å². The van der Waals surface area contributed by atoms with Crippen molar-refractivity contribution in [1.82, 2.24) is 10.2 Å². The lowest BCUT2D eigenvalue weighted by molar-refractivity contribution is -0.139. The van der Waals surface area contributed by atoms with Crippen LogP contribution in [-0.4, -0.2) is 58.0 Å². The van der Waals surface area contributed by atoms with Crippen molar-refractivity contribution in [2.75, 3.05) is 25.1 Å². The van der Waals surface area contributed by atoms with Crippen molar-refractivity contribution >= 4 is 27.5 Å². The first kappa shape index (κ1) is 33.8. The maximum Gasteiger partial charge on any atom is 0.264 e. The molecule has 1 atom stereocenters. The molecule has 2 amide bonds. The van der Waals surface area contributed by atoms with Crippen LogP contribution in [0.1, 0.15) is 61.3 Å². The maximum absolute atomic E-state index is 14.3. The number of hydrogen-bond donors (Lipinski definition) is 1. The molecule has 10 heteroatoms. The third-order valence-electron chi connectivity index (χ3n) is 8.31. The molecule has 0 bridgehead atoms. The third kappa shape index (κ3) is 8.36. The number of carbonyl (C=O) groups is 2. The van der Waals surface area contributed by atoms with Crippen LogP contribution in [0.3, 0.4) is 0 Å². The number of methoxy groups -OCH3 is 2. The summed E-state index contributed by atoms with van der Waals surface area (Å²) in [5, 5.41) is 3.14. The molecule has 0 unspecified atom stereocenters. The second-order valence-corrected chi connectivity index (χ2v) is 13.8. The van der Waals surface area contributed by atoms with Crippen molar-refractivity contribution in [3.8, 4) is 11.5 Å². The van der Waals surface area contributed by atoms with Gasteiger partial charge in [-0.15, -0.1) is 0 Å². The van der Waals surface area contributed by atoms with Crippen LogP contribution in [0.25, 0.3) is 0 Å². The molecule has 4 rings (SSSR count). The predicted molar refractivity (Wildman–Crippen MR) is 176 cm³/mol. The van der Waals surface area contributed by atoms with Gasteiger partial charge in [0.05, 0.1) is 24.8 Å². The Labute approximate surface area is 267 Å². The Bertz CT molecular complexity index is 1580. The summed E-state index contributed by atoms with van der Waals surface area (Å²) in [4.78, 5) is 29.3. The van der Waals surface area contributed by atoms with Crippen molar-refractivity contribution in [2.45, 2.75) is 83.3 Å². The third-order valence-corrected chi connectivity index (χ3v) is 10.1. The number of nitrogens with zero attached hydrogens (tertiary/aromatic N) is 2. The number of amides is 2. The minimum Gasteiger partial charge on any atom is -0.493 e. The molecule has 3 aromatic rings. The van der Waals surface area contributed by atoms with E-state index in [-0.39, 0.29) is 29.1 Å². The monoisotopic (exact) mass is 635 g/mol. The van der Waals surface area contributed by atoms with Crippen molar-refractivity contribution in [2.24, 2.45) is 0 Å². The van der Waals surface area contributed by atoms with E-state index in [1.54, 1.807) is 19.1 Å². The molecule has 45 heavy (non-hydrogen) atoms. The fraction of sp³-hybridized carbons (Fsp3) is 0.429. The molecule has 1 saturated carbocycles. The van der Waals surface area contributed by atoms with Gasteiger partial charge in [0, 0.05) is 18.7 Å². The Morgan fingerprint density at radius 1 is 0.844 bits per heavy atom. The Balaban J connectivity index is 1.73. The van der Waals surface area contributed by atoms with Crippen LogP contribution >= 0.6 is 0 Å². The fourth-order valence-corrected chi connectivity index (χ4v) is 7.18. The summed E-state index contributed by atoms with van der Waals surface area (Å²) in [5.74, 6) is -0.111. The zero-order valence-electron chi connectivity index (χ0n) is 27.1. The number of benzene rings is 3. The van der Waals surface area contributed by atoms with E-state index in [4.69, 9.17) is 9.47 Å². The SMILES string of the molecule is COc1ccc(S(=O)(=O)N(CC(=O)N(Cc2ccc(C)cc2)[C@@H](C)C(=O)NC2CCCCC2)c2cc(C)cc(C)c2)cc1OC. The molecule has 0 saturated heterocycles. The van der Waals surface area contributed by atoms with Gasteiger partial charge in [0.1, 0.15) is 12.6 Å². The highest BCUT2D eigenvalue weighted by atomic mass is 32.2. The highest BCUT2D eigenvalue weighted by Gasteiger charge is 2.34. The van der Waals surface area contributed by atoms with E-state index < -0.39 is 28.5 Å². The van der Waals surface area contributed by atoms with Gasteiger partial charge in [-0.05, 0) is 81.5 Å². The molecular weight excluding hydrogens is 590 g/mol. The summed E-state index contributed by atoms with van der Waals surface area (Å²) < 4.78 is 40.5. The molecule has 0 aliphatic heterocycles. The number of aryl methyl sites for hydroxylation is 3. The van der Waals surface area contributed by atoms with E-state index in [2.05, 4.69) is 5.32 Å². The van der Waals surface area contributed by atoms with Gasteiger partial charge in [0.2, 0.25) is 11.8 Å². The molecule has 0 radical (unpaired) electrons. The minimum absolute atomic E-state index is 0.0553. The Morgan fingerprint density at radius 3 is 2.07 bits per heavy atom. The van der Waals surface area contributed by atoms with Crippen LogP contribution in [-0.2, 0) is 26.2 Å². The first-order valence-corrected chi connectivity index (χ1v) is 16.9. The van der Waals surface area contributed by atoms with Crippen LogP contribution in [0.15, 0.2) is 65.6 Å². The van der Waals surface area contributed by atoms with E-state index in [9.17, 15) is 18.0 Å². The standard InChI is InChI=1S/C35H45N3O6S/c1-24-12-14-28(15-13-24)22-37(27(4)35(40)36-29-10-8-7-9-11-29)34(39)23-38(30-19-25(2)18-26(3)20-30)45(41,42)31-16-17-32(43-5)33(21-31)44-6/h12-21,27,29H,7-11,22-23H2,1-6H3,(H,36,40)/t27-/m0/s1. The molecule has 0 heterocycles. The zero-order valence-corrected chi connectivity index (χ0v) is 27.9. The van der Waals surface area contributed by atoms with Crippen LogP contribution in [0.2, 0.25) is 0 Å². The lowest BCUT2D eigenvalue weighted by Crippen LogP contribution is -2.53. The molecule has 9 nitrogen and oxygen atoms in total. The fourth-order valence-electron chi connectivity index (χ4n) is 5.77. The van der Waals surface area contributed by atoms with E-state index in [0.29, 0.717) is 11.4 Å². The summed E-state index contributed by atoms with van der Waals surface area (Å²) >= 11 is 0. The number of sulfonamides is 1. The largest absolute Gasteiger partial charge is 0.493 e.